The second kappa shape index (κ2) is 24.3. The molecule has 1 aliphatic heterocycles. The van der Waals surface area contributed by atoms with Crippen LogP contribution in [-0.2, 0) is 21.4 Å². The lowest BCUT2D eigenvalue weighted by Crippen LogP contribution is -2.34. The number of hydrogen-bond donors (Lipinski definition) is 2. The minimum atomic E-state index is -4.06. The molecule has 0 aromatic heterocycles. The molecule has 0 bridgehead atoms. The van der Waals surface area contributed by atoms with Crippen LogP contribution in [0.25, 0.3) is 12.2 Å². The van der Waals surface area contributed by atoms with Gasteiger partial charge in [0.1, 0.15) is 0 Å². The van der Waals surface area contributed by atoms with Gasteiger partial charge in [-0.1, -0.05) is 152 Å². The zero-order valence-electron chi connectivity index (χ0n) is 28.8. The van der Waals surface area contributed by atoms with Gasteiger partial charge in [-0.2, -0.15) is 8.42 Å². The first-order valence-corrected chi connectivity index (χ1v) is 19.0. The number of nitrogens with zero attached hydrogens (tertiary/aromatic N) is 2. The van der Waals surface area contributed by atoms with Gasteiger partial charge in [-0.05, 0) is 35.2 Å². The SMILES string of the molecule is C=Cc1ccc(CN2C=CN(CC(O)COCCCCCCCCCCCCCCCC)C2)cc1.C=Cc1ccc(S(=O)(=O)O)cc1. The normalized spacial score (nSPS) is 13.3. The summed E-state index contributed by atoms with van der Waals surface area (Å²) in [5.41, 5.74) is 3.23. The fourth-order valence-electron chi connectivity index (χ4n) is 5.45. The molecule has 8 heteroatoms. The van der Waals surface area contributed by atoms with Gasteiger partial charge < -0.3 is 19.6 Å². The molecule has 47 heavy (non-hydrogen) atoms. The lowest BCUT2D eigenvalue weighted by molar-refractivity contribution is 0.0200. The van der Waals surface area contributed by atoms with Crippen LogP contribution >= 0.6 is 0 Å². The maximum atomic E-state index is 10.6. The minimum Gasteiger partial charge on any atom is -0.389 e. The highest BCUT2D eigenvalue weighted by molar-refractivity contribution is 7.85. The van der Waals surface area contributed by atoms with Crippen LogP contribution in [0.15, 0.2) is 79.0 Å². The van der Waals surface area contributed by atoms with Crippen LogP contribution in [0, 0.1) is 0 Å². The Hall–Kier alpha value is -2.91. The number of benzene rings is 2. The van der Waals surface area contributed by atoms with E-state index in [1.807, 2.05) is 6.08 Å². The van der Waals surface area contributed by atoms with Crippen LogP contribution in [0.1, 0.15) is 114 Å². The van der Waals surface area contributed by atoms with E-state index in [2.05, 4.69) is 66.5 Å². The highest BCUT2D eigenvalue weighted by Gasteiger charge is 2.16. The van der Waals surface area contributed by atoms with Gasteiger partial charge in [0.2, 0.25) is 0 Å². The molecule has 0 radical (unpaired) electrons. The highest BCUT2D eigenvalue weighted by Crippen LogP contribution is 2.15. The van der Waals surface area contributed by atoms with E-state index in [0.29, 0.717) is 13.2 Å². The predicted octanol–water partition coefficient (Wildman–Crippen LogP) is 9.31. The van der Waals surface area contributed by atoms with Crippen LogP contribution in [-0.4, -0.2) is 60.4 Å². The van der Waals surface area contributed by atoms with E-state index in [9.17, 15) is 13.5 Å². The fourth-order valence-corrected chi connectivity index (χ4v) is 5.93. The predicted molar refractivity (Wildman–Crippen MR) is 196 cm³/mol. The van der Waals surface area contributed by atoms with Gasteiger partial charge in [-0.25, -0.2) is 0 Å². The molecule has 2 N–H and O–H groups in total. The summed E-state index contributed by atoms with van der Waals surface area (Å²) in [5, 5.41) is 10.3. The van der Waals surface area contributed by atoms with Crippen LogP contribution in [0.2, 0.25) is 0 Å². The van der Waals surface area contributed by atoms with Crippen molar-refractivity contribution >= 4 is 22.3 Å². The smallest absolute Gasteiger partial charge is 0.294 e. The summed E-state index contributed by atoms with van der Waals surface area (Å²) in [4.78, 5) is 4.30. The molecule has 1 aliphatic rings. The Bertz CT molecular complexity index is 1250. The molecular weight excluding hydrogens is 609 g/mol. The van der Waals surface area contributed by atoms with Crippen molar-refractivity contribution in [3.63, 3.8) is 0 Å². The van der Waals surface area contributed by atoms with Crippen LogP contribution in [0.4, 0.5) is 0 Å². The van der Waals surface area contributed by atoms with Crippen LogP contribution in [0.5, 0.6) is 0 Å². The number of aliphatic hydroxyl groups excluding tert-OH is 1. The third kappa shape index (κ3) is 18.9. The summed E-state index contributed by atoms with van der Waals surface area (Å²) in [6.45, 7) is 13.1. The molecule has 0 saturated heterocycles. The molecule has 0 amide bonds. The average Bonchev–Trinajstić information content (AvgIpc) is 3.51. The first kappa shape index (κ1) is 40.3. The number of ether oxygens (including phenoxy) is 1. The summed E-state index contributed by atoms with van der Waals surface area (Å²) in [6, 6.07) is 14.3. The minimum absolute atomic E-state index is 0.104. The van der Waals surface area contributed by atoms with Crippen molar-refractivity contribution in [2.24, 2.45) is 0 Å². The molecule has 2 aromatic rings. The van der Waals surface area contributed by atoms with Crippen LogP contribution in [0.3, 0.4) is 0 Å². The highest BCUT2D eigenvalue weighted by atomic mass is 32.2. The number of β-amino-alcohol motifs (C(OH)–C–C–N with tert-alkyl or cyclic N) is 1. The zero-order valence-corrected chi connectivity index (χ0v) is 29.6. The Balaban J connectivity index is 0.000000535. The Morgan fingerprint density at radius 1 is 0.745 bits per heavy atom. The van der Waals surface area contributed by atoms with Crippen molar-refractivity contribution in [1.29, 1.82) is 0 Å². The third-order valence-electron chi connectivity index (χ3n) is 8.26. The van der Waals surface area contributed by atoms with E-state index in [4.69, 9.17) is 9.29 Å². The summed E-state index contributed by atoms with van der Waals surface area (Å²) < 4.78 is 35.5. The maximum absolute atomic E-state index is 10.6. The molecule has 0 saturated carbocycles. The number of hydrogen-bond acceptors (Lipinski definition) is 6. The molecule has 0 fully saturated rings. The van der Waals surface area contributed by atoms with Crippen molar-refractivity contribution in [3.8, 4) is 0 Å². The average molecular weight is 669 g/mol. The maximum Gasteiger partial charge on any atom is 0.294 e. The lowest BCUT2D eigenvalue weighted by atomic mass is 10.0. The lowest BCUT2D eigenvalue weighted by Gasteiger charge is -2.23. The topological polar surface area (TPSA) is 90.3 Å². The van der Waals surface area contributed by atoms with Gasteiger partial charge in [0.15, 0.2) is 0 Å². The number of rotatable bonds is 24. The van der Waals surface area contributed by atoms with Gasteiger partial charge in [-0.3, -0.25) is 4.55 Å². The summed E-state index contributed by atoms with van der Waals surface area (Å²) in [5.74, 6) is 0. The monoisotopic (exact) mass is 668 g/mol. The van der Waals surface area contributed by atoms with E-state index in [1.165, 1.54) is 101 Å². The molecule has 1 heterocycles. The van der Waals surface area contributed by atoms with Crippen molar-refractivity contribution in [3.05, 3.63) is 90.8 Å². The van der Waals surface area contributed by atoms with Gasteiger partial charge in [-0.15, -0.1) is 0 Å². The van der Waals surface area contributed by atoms with E-state index in [0.717, 1.165) is 37.4 Å². The Kier molecular flexibility index (Phi) is 20.8. The van der Waals surface area contributed by atoms with Crippen molar-refractivity contribution in [2.45, 2.75) is 114 Å². The van der Waals surface area contributed by atoms with Crippen molar-refractivity contribution < 1.29 is 22.8 Å². The van der Waals surface area contributed by atoms with Gasteiger partial charge in [0.25, 0.3) is 10.1 Å². The summed E-state index contributed by atoms with van der Waals surface area (Å²) in [6.07, 6.45) is 26.3. The molecule has 1 atom stereocenters. The second-order valence-electron chi connectivity index (χ2n) is 12.5. The first-order valence-electron chi connectivity index (χ1n) is 17.6. The Morgan fingerprint density at radius 3 is 1.70 bits per heavy atom. The largest absolute Gasteiger partial charge is 0.389 e. The van der Waals surface area contributed by atoms with Crippen LogP contribution < -0.4 is 0 Å². The van der Waals surface area contributed by atoms with E-state index >= 15 is 0 Å². The number of aliphatic hydroxyl groups is 1. The second-order valence-corrected chi connectivity index (χ2v) is 13.9. The quantitative estimate of drug-likeness (QED) is 0.0851. The summed E-state index contributed by atoms with van der Waals surface area (Å²) >= 11 is 0. The molecule has 2 aromatic carbocycles. The molecule has 262 valence electrons. The van der Waals surface area contributed by atoms with E-state index < -0.39 is 16.2 Å². The standard InChI is InChI=1S/C31H52N2O2.C8H8O3S/c1-3-5-6-7-8-9-10-11-12-13-14-15-16-17-24-35-27-31(34)26-33-23-22-32(28-33)25-30-20-18-29(4-2)19-21-30;1-2-7-3-5-8(6-4-7)12(9,10)11/h4,18-23,31,34H,2-3,5-17,24-28H2,1H3;2-6H,1H2,(H,9,10,11). The Labute approximate surface area is 285 Å². The fraction of sp³-hybridized carbons (Fsp3) is 0.538. The zero-order chi connectivity index (χ0) is 34.2. The van der Waals surface area contributed by atoms with Gasteiger partial charge >= 0.3 is 0 Å². The van der Waals surface area contributed by atoms with Crippen molar-refractivity contribution in [2.75, 3.05) is 26.4 Å². The molecule has 3 rings (SSSR count). The first-order chi connectivity index (χ1) is 22.7. The molecular formula is C39H60N2O5S. The van der Waals surface area contributed by atoms with Gasteiger partial charge in [0.05, 0.1) is 24.3 Å². The third-order valence-corrected chi connectivity index (χ3v) is 9.13. The molecule has 1 unspecified atom stereocenters. The Morgan fingerprint density at radius 2 is 1.21 bits per heavy atom. The van der Waals surface area contributed by atoms with E-state index in [1.54, 1.807) is 18.2 Å². The van der Waals surface area contributed by atoms with E-state index in [-0.39, 0.29) is 4.90 Å². The summed E-state index contributed by atoms with van der Waals surface area (Å²) in [7, 11) is -4.06. The molecule has 7 nitrogen and oxygen atoms in total. The molecule has 0 aliphatic carbocycles. The molecule has 0 spiro atoms. The number of unbranched alkanes of at least 4 members (excludes halogenated alkanes) is 13. The van der Waals surface area contributed by atoms with Crippen molar-refractivity contribution in [1.82, 2.24) is 9.80 Å². The van der Waals surface area contributed by atoms with Gasteiger partial charge in [0, 0.05) is 32.1 Å².